The minimum atomic E-state index is -3.46. The zero-order chi connectivity index (χ0) is 29.0. The lowest BCUT2D eigenvalue weighted by molar-refractivity contribution is 0.115. The molecular weight excluding hydrogens is 525 g/mol. The van der Waals surface area contributed by atoms with Crippen molar-refractivity contribution < 1.29 is 22.6 Å². The van der Waals surface area contributed by atoms with Crippen molar-refractivity contribution >= 4 is 16.1 Å². The number of hydrogen-bond donors (Lipinski definition) is 1. The molecular formula is C31H64NO5PSi. The molecule has 1 aliphatic heterocycles. The van der Waals surface area contributed by atoms with Crippen molar-refractivity contribution in [2.75, 3.05) is 26.4 Å². The molecule has 0 aromatic carbocycles. The molecule has 0 bridgehead atoms. The van der Waals surface area contributed by atoms with Crippen LogP contribution in [0.4, 0.5) is 0 Å². The van der Waals surface area contributed by atoms with Crippen LogP contribution in [-0.4, -0.2) is 46.8 Å². The molecule has 6 nitrogen and oxygen atoms in total. The summed E-state index contributed by atoms with van der Waals surface area (Å²) in [6, 6.07) is -0.122. The zero-order valence-electron chi connectivity index (χ0n) is 26.7. The van der Waals surface area contributed by atoms with Gasteiger partial charge in [-0.05, 0) is 43.9 Å². The largest absolute Gasteiger partial charge is 0.475 e. The normalized spacial score (nSPS) is 17.7. The highest BCUT2D eigenvalue weighted by Gasteiger charge is 2.41. The predicted octanol–water partition coefficient (Wildman–Crippen LogP) is 9.95. The van der Waals surface area contributed by atoms with Crippen molar-refractivity contribution in [1.29, 1.82) is 0 Å². The third-order valence-electron chi connectivity index (χ3n) is 8.11. The Labute approximate surface area is 243 Å². The average Bonchev–Trinajstić information content (AvgIpc) is 3.31. The summed E-state index contributed by atoms with van der Waals surface area (Å²) in [7, 11) is -5.51. The van der Waals surface area contributed by atoms with Gasteiger partial charge in [-0.15, -0.1) is 0 Å². The van der Waals surface area contributed by atoms with E-state index >= 15 is 0 Å². The van der Waals surface area contributed by atoms with E-state index in [1.54, 1.807) is 0 Å². The highest BCUT2D eigenvalue weighted by molar-refractivity contribution is 7.48. The van der Waals surface area contributed by atoms with Gasteiger partial charge in [0.2, 0.25) is 0 Å². The lowest BCUT2D eigenvalue weighted by Crippen LogP contribution is -2.51. The van der Waals surface area contributed by atoms with Gasteiger partial charge in [0.25, 0.3) is 0 Å². The Morgan fingerprint density at radius 1 is 0.846 bits per heavy atom. The van der Waals surface area contributed by atoms with Crippen molar-refractivity contribution in [3.63, 3.8) is 0 Å². The SMILES string of the molecule is CCCCCCCCCCCCCC=C[C@@H](O[Si](C)(C)C(C)(C)C)[C@H](COP1(=O)OCCO1)NCCCCC. The molecule has 0 unspecified atom stereocenters. The van der Waals surface area contributed by atoms with Gasteiger partial charge < -0.3 is 9.74 Å². The molecule has 0 aliphatic carbocycles. The summed E-state index contributed by atoms with van der Waals surface area (Å²) in [4.78, 5) is 0. The Hall–Kier alpha value is -0.0131. The van der Waals surface area contributed by atoms with E-state index in [1.807, 2.05) is 0 Å². The lowest BCUT2D eigenvalue weighted by atomic mass is 10.0. The van der Waals surface area contributed by atoms with Gasteiger partial charge >= 0.3 is 7.82 Å². The summed E-state index contributed by atoms with van der Waals surface area (Å²) in [6.07, 6.45) is 23.8. The number of allylic oxidation sites excluding steroid dienone is 1. The van der Waals surface area contributed by atoms with E-state index in [4.69, 9.17) is 18.0 Å². The van der Waals surface area contributed by atoms with E-state index in [1.165, 1.54) is 83.5 Å². The molecule has 0 amide bonds. The number of rotatable bonds is 24. The Morgan fingerprint density at radius 2 is 1.36 bits per heavy atom. The third kappa shape index (κ3) is 16.9. The van der Waals surface area contributed by atoms with Gasteiger partial charge in [0, 0.05) is 0 Å². The highest BCUT2D eigenvalue weighted by atomic mass is 31.2. The van der Waals surface area contributed by atoms with Gasteiger partial charge in [0.1, 0.15) is 0 Å². The molecule has 39 heavy (non-hydrogen) atoms. The van der Waals surface area contributed by atoms with E-state index in [0.717, 1.165) is 19.4 Å². The van der Waals surface area contributed by atoms with Crippen molar-refractivity contribution in [3.8, 4) is 0 Å². The molecule has 0 spiro atoms. The zero-order valence-corrected chi connectivity index (χ0v) is 28.6. The van der Waals surface area contributed by atoms with Crippen molar-refractivity contribution in [2.24, 2.45) is 0 Å². The van der Waals surface area contributed by atoms with E-state index in [2.05, 4.69) is 65.2 Å². The minimum absolute atomic E-state index is 0.0904. The van der Waals surface area contributed by atoms with Gasteiger partial charge in [0.05, 0.1) is 32.0 Å². The molecule has 0 saturated carbocycles. The van der Waals surface area contributed by atoms with Crippen molar-refractivity contribution in [1.82, 2.24) is 5.32 Å². The van der Waals surface area contributed by atoms with Crippen LogP contribution >= 0.6 is 7.82 Å². The van der Waals surface area contributed by atoms with E-state index in [9.17, 15) is 4.57 Å². The molecule has 0 aromatic heterocycles. The molecule has 1 fully saturated rings. The monoisotopic (exact) mass is 589 g/mol. The summed E-state index contributed by atoms with van der Waals surface area (Å²) < 4.78 is 35.9. The van der Waals surface area contributed by atoms with Crippen LogP contribution in [0.1, 0.15) is 131 Å². The molecule has 1 N–H and O–H groups in total. The Bertz CT molecular complexity index is 672. The van der Waals surface area contributed by atoms with Gasteiger partial charge in [0.15, 0.2) is 8.32 Å². The van der Waals surface area contributed by atoms with Gasteiger partial charge in [-0.1, -0.05) is 124 Å². The molecule has 0 aromatic rings. The molecule has 232 valence electrons. The van der Waals surface area contributed by atoms with Crippen LogP contribution in [0.5, 0.6) is 0 Å². The van der Waals surface area contributed by atoms with Gasteiger partial charge in [-0.25, -0.2) is 4.57 Å². The molecule has 1 saturated heterocycles. The maximum absolute atomic E-state index is 12.7. The number of nitrogens with one attached hydrogen (secondary N) is 1. The Kier molecular flexibility index (Phi) is 19.7. The molecule has 8 heteroatoms. The van der Waals surface area contributed by atoms with Crippen LogP contribution in [-0.2, 0) is 22.6 Å². The van der Waals surface area contributed by atoms with E-state index in [-0.39, 0.29) is 23.8 Å². The van der Waals surface area contributed by atoms with Crippen molar-refractivity contribution in [3.05, 3.63) is 12.2 Å². The average molecular weight is 590 g/mol. The molecule has 2 atom stereocenters. The summed E-state index contributed by atoms with van der Waals surface area (Å²) in [5.74, 6) is 0. The fourth-order valence-corrected chi connectivity index (χ4v) is 6.88. The Balaban J connectivity index is 2.67. The number of unbranched alkanes of at least 4 members (excludes halogenated alkanes) is 13. The van der Waals surface area contributed by atoms with E-state index in [0.29, 0.717) is 13.2 Å². The van der Waals surface area contributed by atoms with E-state index < -0.39 is 16.1 Å². The Morgan fingerprint density at radius 3 is 1.90 bits per heavy atom. The third-order valence-corrected chi connectivity index (χ3v) is 14.1. The van der Waals surface area contributed by atoms with Crippen LogP contribution in [0.2, 0.25) is 18.1 Å². The first-order chi connectivity index (χ1) is 18.5. The predicted molar refractivity (Wildman–Crippen MR) is 169 cm³/mol. The number of phosphoric ester groups is 1. The summed E-state index contributed by atoms with van der Waals surface area (Å²) >= 11 is 0. The van der Waals surface area contributed by atoms with Gasteiger partial charge in [-0.3, -0.25) is 13.6 Å². The standard InChI is InChI=1S/C31H64NO5PSi/c1-8-10-12-13-14-15-16-17-18-19-20-21-22-24-30(37-39(6,7)31(3,4)5)29(32-25-23-11-9-2)28-36-38(33)34-26-27-35-38/h22,24,29-30,32H,8-21,23,25-28H2,1-7H3/t29-,30+/m0/s1. The minimum Gasteiger partial charge on any atom is -0.409 e. The first kappa shape index (κ1) is 37.0. The van der Waals surface area contributed by atoms with Crippen LogP contribution in [0.15, 0.2) is 12.2 Å². The first-order valence-electron chi connectivity index (χ1n) is 16.2. The second-order valence-corrected chi connectivity index (χ2v) is 19.2. The quantitative estimate of drug-likeness (QED) is 0.0523. The second kappa shape index (κ2) is 20.8. The fourth-order valence-electron chi connectivity index (χ4n) is 4.44. The maximum Gasteiger partial charge on any atom is 0.475 e. The highest BCUT2D eigenvalue weighted by Crippen LogP contribution is 2.52. The number of hydrogen-bond acceptors (Lipinski definition) is 6. The first-order valence-corrected chi connectivity index (χ1v) is 20.5. The van der Waals surface area contributed by atoms with Crippen LogP contribution in [0.3, 0.4) is 0 Å². The van der Waals surface area contributed by atoms with Crippen LogP contribution in [0.25, 0.3) is 0 Å². The van der Waals surface area contributed by atoms with Crippen LogP contribution < -0.4 is 5.32 Å². The number of phosphoric acid groups is 1. The van der Waals surface area contributed by atoms with Crippen LogP contribution in [0, 0.1) is 0 Å². The molecule has 1 heterocycles. The molecule has 1 rings (SSSR count). The topological polar surface area (TPSA) is 66.0 Å². The van der Waals surface area contributed by atoms with Crippen molar-refractivity contribution in [2.45, 2.75) is 161 Å². The molecule has 1 aliphatic rings. The maximum atomic E-state index is 12.7. The van der Waals surface area contributed by atoms with Gasteiger partial charge in [-0.2, -0.15) is 0 Å². The summed E-state index contributed by atoms with van der Waals surface area (Å²) in [5.41, 5.74) is 0. The fraction of sp³-hybridized carbons (Fsp3) is 0.935. The second-order valence-electron chi connectivity index (χ2n) is 12.8. The molecule has 0 radical (unpaired) electrons. The lowest BCUT2D eigenvalue weighted by Gasteiger charge is -2.41. The summed E-state index contributed by atoms with van der Waals surface area (Å²) in [5, 5.41) is 3.75. The summed E-state index contributed by atoms with van der Waals surface area (Å²) in [6.45, 7) is 17.6. The smallest absolute Gasteiger partial charge is 0.409 e.